The lowest BCUT2D eigenvalue weighted by Crippen LogP contribution is -2.59. The molecule has 0 radical (unpaired) electrons. The van der Waals surface area contributed by atoms with Crippen molar-refractivity contribution in [3.05, 3.63) is 35.2 Å². The molecule has 4 heterocycles. The van der Waals surface area contributed by atoms with E-state index in [-0.39, 0.29) is 18.4 Å². The number of aromatic nitrogens is 3. The van der Waals surface area contributed by atoms with Gasteiger partial charge in [-0.05, 0) is 19.3 Å². The quantitative estimate of drug-likeness (QED) is 0.814. The van der Waals surface area contributed by atoms with Crippen molar-refractivity contribution < 1.29 is 18.8 Å². The zero-order chi connectivity index (χ0) is 20.4. The van der Waals surface area contributed by atoms with Crippen LogP contribution in [-0.4, -0.2) is 70.1 Å². The summed E-state index contributed by atoms with van der Waals surface area (Å²) < 4.78 is 10.4. The molecule has 0 atom stereocenters. The minimum atomic E-state index is -0.503. The van der Waals surface area contributed by atoms with Crippen molar-refractivity contribution >= 4 is 11.8 Å². The van der Waals surface area contributed by atoms with Crippen LogP contribution in [0.1, 0.15) is 53.8 Å². The van der Waals surface area contributed by atoms with Crippen molar-refractivity contribution in [2.45, 2.75) is 44.6 Å². The molecular weight excluding hydrogens is 374 g/mol. The van der Waals surface area contributed by atoms with Gasteiger partial charge in [0.25, 0.3) is 5.91 Å². The number of methoxy groups -OCH3 is 1. The number of ether oxygens (including phenoxy) is 1. The van der Waals surface area contributed by atoms with E-state index < -0.39 is 5.54 Å². The molecule has 0 bridgehead atoms. The summed E-state index contributed by atoms with van der Waals surface area (Å²) in [6.07, 6.45) is 5.40. The van der Waals surface area contributed by atoms with Crippen LogP contribution in [0.15, 0.2) is 16.9 Å². The van der Waals surface area contributed by atoms with Gasteiger partial charge >= 0.3 is 0 Å². The number of aryl methyl sites for hydroxylation is 1. The summed E-state index contributed by atoms with van der Waals surface area (Å²) >= 11 is 0. The number of carbonyl (C=O) groups excluding carboxylic acids is 2. The Morgan fingerprint density at radius 2 is 2.10 bits per heavy atom. The third-order valence-electron chi connectivity index (χ3n) is 5.98. The van der Waals surface area contributed by atoms with E-state index in [1.807, 2.05) is 4.90 Å². The lowest BCUT2D eigenvalue weighted by Gasteiger charge is -2.50. The Labute approximate surface area is 169 Å². The number of piperidine rings is 1. The van der Waals surface area contributed by atoms with Gasteiger partial charge in [0.15, 0.2) is 5.69 Å². The van der Waals surface area contributed by atoms with Crippen molar-refractivity contribution in [3.63, 3.8) is 0 Å². The number of imidazole rings is 1. The molecule has 29 heavy (non-hydrogen) atoms. The van der Waals surface area contributed by atoms with Gasteiger partial charge in [0.2, 0.25) is 5.91 Å². The molecule has 0 saturated carbocycles. The van der Waals surface area contributed by atoms with Gasteiger partial charge in [-0.3, -0.25) is 9.59 Å². The average Bonchev–Trinajstić information content (AvgIpc) is 3.39. The molecule has 2 aromatic rings. The number of hydrogen-bond donors (Lipinski definition) is 1. The van der Waals surface area contributed by atoms with Crippen molar-refractivity contribution in [1.82, 2.24) is 24.9 Å². The molecule has 9 nitrogen and oxygen atoms in total. The van der Waals surface area contributed by atoms with E-state index in [1.165, 1.54) is 7.11 Å². The van der Waals surface area contributed by atoms with Crippen LogP contribution in [0.4, 0.5) is 0 Å². The Hall–Kier alpha value is -2.68. The van der Waals surface area contributed by atoms with E-state index in [9.17, 15) is 9.59 Å². The van der Waals surface area contributed by atoms with Crippen LogP contribution in [-0.2, 0) is 27.9 Å². The summed E-state index contributed by atoms with van der Waals surface area (Å²) in [6, 6.07) is 1.73. The number of hydrogen-bond acceptors (Lipinski definition) is 6. The van der Waals surface area contributed by atoms with Gasteiger partial charge in [0, 0.05) is 51.3 Å². The lowest BCUT2D eigenvalue weighted by atomic mass is 9.78. The largest absolute Gasteiger partial charge is 0.375 e. The molecule has 0 aliphatic carbocycles. The molecule has 2 aromatic heterocycles. The summed E-state index contributed by atoms with van der Waals surface area (Å²) in [6.45, 7) is 3.77. The molecule has 1 saturated heterocycles. The minimum Gasteiger partial charge on any atom is -0.375 e. The molecule has 0 unspecified atom stereocenters. The molecule has 2 aliphatic heterocycles. The molecule has 156 valence electrons. The van der Waals surface area contributed by atoms with Gasteiger partial charge in [-0.25, -0.2) is 4.98 Å². The second-order valence-electron chi connectivity index (χ2n) is 7.71. The van der Waals surface area contributed by atoms with E-state index in [2.05, 4.69) is 22.0 Å². The topological polar surface area (TPSA) is 105 Å². The number of likely N-dealkylation sites (tertiary alicyclic amines) is 1. The number of carbonyl (C=O) groups is 2. The zero-order valence-electron chi connectivity index (χ0n) is 16.9. The van der Waals surface area contributed by atoms with Gasteiger partial charge in [-0.2, -0.15) is 0 Å². The fourth-order valence-electron chi connectivity index (χ4n) is 4.57. The van der Waals surface area contributed by atoms with Crippen LogP contribution < -0.4 is 0 Å². The highest BCUT2D eigenvalue weighted by atomic mass is 16.5. The molecule has 4 rings (SSSR count). The summed E-state index contributed by atoms with van der Waals surface area (Å²) in [4.78, 5) is 37.1. The normalized spacial score (nSPS) is 18.1. The van der Waals surface area contributed by atoms with E-state index in [4.69, 9.17) is 9.26 Å². The van der Waals surface area contributed by atoms with Crippen LogP contribution in [0.3, 0.4) is 0 Å². The Morgan fingerprint density at radius 1 is 1.31 bits per heavy atom. The third-order valence-corrected chi connectivity index (χ3v) is 5.98. The van der Waals surface area contributed by atoms with Crippen molar-refractivity contribution in [2.24, 2.45) is 0 Å². The highest BCUT2D eigenvalue weighted by molar-refractivity contribution is 5.92. The number of nitrogens with zero attached hydrogens (tertiary/aromatic N) is 4. The molecule has 1 N–H and O–H groups in total. The molecule has 2 amide bonds. The van der Waals surface area contributed by atoms with Gasteiger partial charge in [0.1, 0.15) is 12.4 Å². The number of nitrogens with one attached hydrogen (secondary N) is 1. The highest BCUT2D eigenvalue weighted by Gasteiger charge is 2.49. The number of H-pyrrole nitrogens is 1. The van der Waals surface area contributed by atoms with E-state index >= 15 is 0 Å². The van der Waals surface area contributed by atoms with Gasteiger partial charge in [-0.1, -0.05) is 12.1 Å². The van der Waals surface area contributed by atoms with Crippen molar-refractivity contribution in [3.8, 4) is 0 Å². The monoisotopic (exact) mass is 401 g/mol. The number of amides is 2. The fraction of sp³-hybridized carbons (Fsp3) is 0.600. The minimum absolute atomic E-state index is 0.0402. The maximum atomic E-state index is 12.9. The maximum Gasteiger partial charge on any atom is 0.276 e. The Kier molecular flexibility index (Phi) is 5.40. The first-order valence-electron chi connectivity index (χ1n) is 10.2. The molecule has 0 aromatic carbocycles. The summed E-state index contributed by atoms with van der Waals surface area (Å²) in [5.74, 6) is 0.564. The smallest absolute Gasteiger partial charge is 0.276 e. The van der Waals surface area contributed by atoms with Crippen molar-refractivity contribution in [2.75, 3.05) is 33.4 Å². The number of aromatic amines is 1. The Morgan fingerprint density at radius 3 is 2.83 bits per heavy atom. The van der Waals surface area contributed by atoms with Gasteiger partial charge in [0.05, 0.1) is 17.6 Å². The average molecular weight is 401 g/mol. The third kappa shape index (κ3) is 3.43. The summed E-state index contributed by atoms with van der Waals surface area (Å²) in [5, 5.41) is 3.94. The highest BCUT2D eigenvalue weighted by Crippen LogP contribution is 2.42. The zero-order valence-corrected chi connectivity index (χ0v) is 16.9. The van der Waals surface area contributed by atoms with Crippen LogP contribution in [0.2, 0.25) is 0 Å². The maximum absolute atomic E-state index is 12.9. The van der Waals surface area contributed by atoms with Gasteiger partial charge < -0.3 is 24.0 Å². The first kappa shape index (κ1) is 19.6. The first-order valence-corrected chi connectivity index (χ1v) is 10.2. The van der Waals surface area contributed by atoms with E-state index in [0.717, 1.165) is 36.4 Å². The summed E-state index contributed by atoms with van der Waals surface area (Å²) in [5.41, 5.74) is 1.84. The lowest BCUT2D eigenvalue weighted by molar-refractivity contribution is -0.145. The molecule has 1 spiro atoms. The van der Waals surface area contributed by atoms with Crippen LogP contribution >= 0.6 is 0 Å². The van der Waals surface area contributed by atoms with Crippen LogP contribution in [0.5, 0.6) is 0 Å². The summed E-state index contributed by atoms with van der Waals surface area (Å²) in [7, 11) is 1.53. The molecule has 2 aliphatic rings. The standard InChI is InChI=1S/C20H27N5O4/c1-3-4-14-11-16(23-29-14)19(27)24-9-6-20(7-10-24)18-15(21-13-22-18)5-8-25(20)17(26)12-28-2/h11,13H,3-10,12H2,1-2H3,(H,21,22). The SMILES string of the molecule is CCCc1cc(C(=O)N2CCC3(CC2)c2nc[nH]c2CCN3C(=O)COC)no1. The number of rotatable bonds is 5. The second-order valence-corrected chi connectivity index (χ2v) is 7.71. The van der Waals surface area contributed by atoms with Crippen molar-refractivity contribution in [1.29, 1.82) is 0 Å². The molecule has 1 fully saturated rings. The van der Waals surface area contributed by atoms with Crippen LogP contribution in [0, 0.1) is 0 Å². The van der Waals surface area contributed by atoms with Crippen LogP contribution in [0.25, 0.3) is 0 Å². The Bertz CT molecular complexity index is 881. The number of fused-ring (bicyclic) bond motifs is 2. The molecule has 9 heteroatoms. The second kappa shape index (κ2) is 7.98. The van der Waals surface area contributed by atoms with Gasteiger partial charge in [-0.15, -0.1) is 0 Å². The predicted octanol–water partition coefficient (Wildman–Crippen LogP) is 1.51. The fourth-order valence-corrected chi connectivity index (χ4v) is 4.57. The van der Waals surface area contributed by atoms with E-state index in [0.29, 0.717) is 38.2 Å². The molecular formula is C20H27N5O4. The van der Waals surface area contributed by atoms with E-state index in [1.54, 1.807) is 17.3 Å². The predicted molar refractivity (Wildman–Crippen MR) is 103 cm³/mol. The first-order chi connectivity index (χ1) is 14.1. The Balaban J connectivity index is 1.53.